The molecular weight excluding hydrogens is 212 g/mol. The van der Waals surface area contributed by atoms with E-state index in [4.69, 9.17) is 9.47 Å². The number of rotatable bonds is 4. The summed E-state index contributed by atoms with van der Waals surface area (Å²) >= 11 is 0. The second-order valence-electron chi connectivity index (χ2n) is 4.43. The van der Waals surface area contributed by atoms with Crippen LogP contribution in [0.5, 0.6) is 0 Å². The Morgan fingerprint density at radius 2 is 1.65 bits per heavy atom. The van der Waals surface area contributed by atoms with E-state index >= 15 is 0 Å². The summed E-state index contributed by atoms with van der Waals surface area (Å²) in [6.07, 6.45) is 17.7. The summed E-state index contributed by atoms with van der Waals surface area (Å²) in [7, 11) is 0. The lowest BCUT2D eigenvalue weighted by Crippen LogP contribution is -2.15. The zero-order chi connectivity index (χ0) is 12.2. The fourth-order valence-electron chi connectivity index (χ4n) is 1.95. The van der Waals surface area contributed by atoms with Gasteiger partial charge in [0, 0.05) is 6.61 Å². The molecule has 0 spiro atoms. The Bertz CT molecular complexity index is 221. The van der Waals surface area contributed by atoms with Gasteiger partial charge in [0.25, 0.3) is 0 Å². The lowest BCUT2D eigenvalue weighted by Gasteiger charge is -2.17. The van der Waals surface area contributed by atoms with Crippen LogP contribution in [-0.2, 0) is 9.47 Å². The molecule has 0 heterocycles. The predicted molar refractivity (Wildman–Crippen MR) is 72.0 cm³/mol. The van der Waals surface area contributed by atoms with Gasteiger partial charge in [0.2, 0.25) is 0 Å². The molecule has 0 aromatic heterocycles. The van der Waals surface area contributed by atoms with Crippen LogP contribution in [0.3, 0.4) is 0 Å². The zero-order valence-corrected chi connectivity index (χ0v) is 11.1. The Labute approximate surface area is 106 Å². The molecule has 0 aromatic rings. The van der Waals surface area contributed by atoms with Gasteiger partial charge in [0.05, 0.1) is 6.10 Å². The van der Waals surface area contributed by atoms with E-state index in [2.05, 4.69) is 24.3 Å². The average Bonchev–Trinajstić information content (AvgIpc) is 2.32. The molecule has 17 heavy (non-hydrogen) atoms. The van der Waals surface area contributed by atoms with Gasteiger partial charge in [0.1, 0.15) is 6.79 Å². The molecule has 0 N–H and O–H groups in total. The molecule has 2 nitrogen and oxygen atoms in total. The Balaban J connectivity index is 2.28. The van der Waals surface area contributed by atoms with Crippen molar-refractivity contribution in [3.8, 4) is 0 Å². The fourth-order valence-corrected chi connectivity index (χ4v) is 1.95. The first kappa shape index (κ1) is 14.5. The van der Waals surface area contributed by atoms with E-state index in [1.807, 2.05) is 6.92 Å². The minimum atomic E-state index is 0.360. The molecule has 0 fully saturated rings. The van der Waals surface area contributed by atoms with Crippen LogP contribution in [0.25, 0.3) is 0 Å². The van der Waals surface area contributed by atoms with Crippen LogP contribution in [0, 0.1) is 0 Å². The first-order valence-corrected chi connectivity index (χ1v) is 6.92. The second kappa shape index (κ2) is 10.5. The molecule has 1 aliphatic carbocycles. The van der Waals surface area contributed by atoms with Crippen molar-refractivity contribution >= 4 is 0 Å². The van der Waals surface area contributed by atoms with Gasteiger partial charge >= 0.3 is 0 Å². The van der Waals surface area contributed by atoms with Gasteiger partial charge in [-0.15, -0.1) is 0 Å². The maximum atomic E-state index is 5.75. The first-order chi connectivity index (χ1) is 8.43. The summed E-state index contributed by atoms with van der Waals surface area (Å²) < 4.78 is 11.0. The fraction of sp³-hybridized carbons (Fsp3) is 0.733. The third-order valence-electron chi connectivity index (χ3n) is 2.98. The lowest BCUT2D eigenvalue weighted by molar-refractivity contribution is -0.0903. The highest BCUT2D eigenvalue weighted by Crippen LogP contribution is 2.13. The van der Waals surface area contributed by atoms with Crippen LogP contribution in [0.4, 0.5) is 0 Å². The number of hydrogen-bond acceptors (Lipinski definition) is 2. The van der Waals surface area contributed by atoms with Gasteiger partial charge in [-0.25, -0.2) is 0 Å². The van der Waals surface area contributed by atoms with E-state index in [0.29, 0.717) is 12.9 Å². The molecule has 0 radical (unpaired) electrons. The van der Waals surface area contributed by atoms with Crippen molar-refractivity contribution in [2.75, 3.05) is 13.4 Å². The maximum absolute atomic E-state index is 5.75. The highest BCUT2D eigenvalue weighted by atomic mass is 16.7. The predicted octanol–water partition coefficient (Wildman–Crippen LogP) is 4.22. The van der Waals surface area contributed by atoms with Crippen molar-refractivity contribution in [1.29, 1.82) is 0 Å². The Morgan fingerprint density at radius 1 is 0.941 bits per heavy atom. The van der Waals surface area contributed by atoms with Crippen molar-refractivity contribution in [3.05, 3.63) is 24.3 Å². The first-order valence-electron chi connectivity index (χ1n) is 6.92. The molecule has 0 amide bonds. The Kier molecular flexibility index (Phi) is 8.97. The van der Waals surface area contributed by atoms with E-state index in [-0.39, 0.29) is 0 Å². The topological polar surface area (TPSA) is 18.5 Å². The van der Waals surface area contributed by atoms with Gasteiger partial charge < -0.3 is 9.47 Å². The quantitative estimate of drug-likeness (QED) is 0.415. The smallest absolute Gasteiger partial charge is 0.147 e. The SMILES string of the molecule is CCOCOC1CC/C=C/CC/C=C/CCC1. The van der Waals surface area contributed by atoms with Crippen molar-refractivity contribution in [2.45, 2.75) is 58.0 Å². The third-order valence-corrected chi connectivity index (χ3v) is 2.98. The Hall–Kier alpha value is -0.600. The normalized spacial score (nSPS) is 26.8. The average molecular weight is 238 g/mol. The maximum Gasteiger partial charge on any atom is 0.147 e. The molecule has 0 saturated carbocycles. The van der Waals surface area contributed by atoms with Crippen molar-refractivity contribution < 1.29 is 9.47 Å². The molecule has 1 aliphatic rings. The van der Waals surface area contributed by atoms with E-state index in [1.165, 1.54) is 25.7 Å². The molecule has 1 rings (SSSR count). The van der Waals surface area contributed by atoms with E-state index in [1.54, 1.807) is 0 Å². The highest BCUT2D eigenvalue weighted by molar-refractivity contribution is 4.89. The minimum absolute atomic E-state index is 0.360. The molecule has 2 heteroatoms. The van der Waals surface area contributed by atoms with Crippen molar-refractivity contribution in [2.24, 2.45) is 0 Å². The summed E-state index contributed by atoms with van der Waals surface area (Å²) in [6.45, 7) is 3.17. The van der Waals surface area contributed by atoms with Crippen molar-refractivity contribution in [3.63, 3.8) is 0 Å². The van der Waals surface area contributed by atoms with Gasteiger partial charge in [-0.1, -0.05) is 24.3 Å². The second-order valence-corrected chi connectivity index (χ2v) is 4.43. The van der Waals surface area contributed by atoms with E-state index in [9.17, 15) is 0 Å². The standard InChI is InChI=1S/C15H26O2/c1-2-16-14-17-15-12-10-8-6-4-3-5-7-9-11-13-15/h4,6-7,9,15H,2-3,5,8,10-14H2,1H3/b6-4+,9-7+. The summed E-state index contributed by atoms with van der Waals surface area (Å²) in [5, 5.41) is 0. The number of allylic oxidation sites excluding steroid dienone is 4. The summed E-state index contributed by atoms with van der Waals surface area (Å²) in [6, 6.07) is 0. The molecule has 0 aromatic carbocycles. The number of hydrogen-bond donors (Lipinski definition) is 0. The van der Waals surface area contributed by atoms with Crippen LogP contribution in [0.1, 0.15) is 51.9 Å². The molecule has 98 valence electrons. The monoisotopic (exact) mass is 238 g/mol. The summed E-state index contributed by atoms with van der Waals surface area (Å²) in [5.41, 5.74) is 0. The van der Waals surface area contributed by atoms with E-state index < -0.39 is 0 Å². The summed E-state index contributed by atoms with van der Waals surface area (Å²) in [5.74, 6) is 0. The third kappa shape index (κ3) is 8.17. The van der Waals surface area contributed by atoms with Gasteiger partial charge in [-0.2, -0.15) is 0 Å². The van der Waals surface area contributed by atoms with Crippen LogP contribution in [0.2, 0.25) is 0 Å². The lowest BCUT2D eigenvalue weighted by atomic mass is 10.1. The van der Waals surface area contributed by atoms with E-state index in [0.717, 1.165) is 25.9 Å². The van der Waals surface area contributed by atoms with Crippen molar-refractivity contribution in [1.82, 2.24) is 0 Å². The Morgan fingerprint density at radius 3 is 2.41 bits per heavy atom. The van der Waals surface area contributed by atoms with Gasteiger partial charge in [-0.05, 0) is 51.9 Å². The molecule has 0 saturated heterocycles. The molecular formula is C15H26O2. The minimum Gasteiger partial charge on any atom is -0.356 e. The van der Waals surface area contributed by atoms with Crippen LogP contribution < -0.4 is 0 Å². The molecule has 0 bridgehead atoms. The zero-order valence-electron chi connectivity index (χ0n) is 11.1. The molecule has 1 atom stereocenters. The van der Waals surface area contributed by atoms with Crippen LogP contribution in [-0.4, -0.2) is 19.5 Å². The van der Waals surface area contributed by atoms with Crippen LogP contribution >= 0.6 is 0 Å². The van der Waals surface area contributed by atoms with Gasteiger partial charge in [-0.3, -0.25) is 0 Å². The largest absolute Gasteiger partial charge is 0.356 e. The molecule has 1 unspecified atom stereocenters. The van der Waals surface area contributed by atoms with Gasteiger partial charge in [0.15, 0.2) is 0 Å². The highest BCUT2D eigenvalue weighted by Gasteiger charge is 2.07. The molecule has 0 aliphatic heterocycles. The summed E-state index contributed by atoms with van der Waals surface area (Å²) in [4.78, 5) is 0. The van der Waals surface area contributed by atoms with Crippen LogP contribution in [0.15, 0.2) is 24.3 Å². The number of ether oxygens (including phenoxy) is 2.